The summed E-state index contributed by atoms with van der Waals surface area (Å²) < 4.78 is 230. The maximum Gasteiger partial charge on any atom is 0.438 e. The largest absolute Gasteiger partial charge is 0.438 e. The van der Waals surface area contributed by atoms with E-state index < -0.39 is 121 Å². The second-order valence-corrected chi connectivity index (χ2v) is 12.0. The first kappa shape index (κ1) is 35.8. The first-order valence-electron chi connectivity index (χ1n) is 12.8. The van der Waals surface area contributed by atoms with E-state index in [-0.39, 0.29) is 13.3 Å². The lowest BCUT2D eigenvalue weighted by Gasteiger charge is -2.69. The summed E-state index contributed by atoms with van der Waals surface area (Å²) in [6, 6.07) is 0. The highest BCUT2D eigenvalue weighted by atomic mass is 19.4. The third-order valence-electron chi connectivity index (χ3n) is 9.57. The van der Waals surface area contributed by atoms with Crippen molar-refractivity contribution in [3.05, 3.63) is 0 Å². The molecule has 3 unspecified atom stereocenters. The SMILES string of the molecule is CCC(C)(C(=O)OC(C(F)(F)F)(C(F)(F)F)C12CC3CC(CC(C(OCOC)(C(F)(F)F)C(F)(F)F)(C3)C1)C2)C(F)(F)F. The normalized spacial score (nSPS) is 30.4. The smallest absolute Gasteiger partial charge is 0.438 e. The van der Waals surface area contributed by atoms with Gasteiger partial charge in [0.15, 0.2) is 5.41 Å². The van der Waals surface area contributed by atoms with E-state index in [0.29, 0.717) is 14.0 Å². The van der Waals surface area contributed by atoms with Crippen LogP contribution in [0.3, 0.4) is 0 Å². The molecule has 4 saturated carbocycles. The van der Waals surface area contributed by atoms with Crippen molar-refractivity contribution in [3.63, 3.8) is 0 Å². The number of methoxy groups -OCH3 is 1. The predicted octanol–water partition coefficient (Wildman–Crippen LogP) is 8.44. The van der Waals surface area contributed by atoms with E-state index >= 15 is 0 Å². The second-order valence-electron chi connectivity index (χ2n) is 12.0. The van der Waals surface area contributed by atoms with Crippen molar-refractivity contribution in [2.24, 2.45) is 28.1 Å². The van der Waals surface area contributed by atoms with Crippen molar-refractivity contribution in [1.82, 2.24) is 0 Å². The third-order valence-corrected chi connectivity index (χ3v) is 9.57. The molecule has 4 nitrogen and oxygen atoms in total. The van der Waals surface area contributed by atoms with Crippen LogP contribution in [0.5, 0.6) is 0 Å². The molecule has 4 bridgehead atoms. The topological polar surface area (TPSA) is 44.8 Å². The second kappa shape index (κ2) is 10.2. The van der Waals surface area contributed by atoms with E-state index in [1.165, 1.54) is 0 Å². The Labute approximate surface area is 234 Å². The summed E-state index contributed by atoms with van der Waals surface area (Å²) in [7, 11) is 0.627. The number of carbonyl (C=O) groups is 1. The predicted molar refractivity (Wildman–Crippen MR) is 113 cm³/mol. The fourth-order valence-corrected chi connectivity index (χ4v) is 8.01. The van der Waals surface area contributed by atoms with E-state index in [9.17, 15) is 70.7 Å². The van der Waals surface area contributed by atoms with E-state index in [4.69, 9.17) is 0 Å². The van der Waals surface area contributed by atoms with Crippen molar-refractivity contribution in [2.75, 3.05) is 13.9 Å². The van der Waals surface area contributed by atoms with Crippen molar-refractivity contribution in [1.29, 1.82) is 0 Å². The Morgan fingerprint density at radius 2 is 1.05 bits per heavy atom. The lowest BCUT2D eigenvalue weighted by atomic mass is 9.37. The number of rotatable bonds is 8. The van der Waals surface area contributed by atoms with Crippen LogP contribution in [0.25, 0.3) is 0 Å². The molecular weight excluding hydrogens is 637 g/mol. The molecule has 3 atom stereocenters. The molecule has 4 aliphatic carbocycles. The minimum atomic E-state index is -6.83. The molecule has 0 heterocycles. The Bertz CT molecular complexity index is 1010. The third kappa shape index (κ3) is 4.87. The molecular formula is C24H27F15O4. The van der Waals surface area contributed by atoms with Crippen LogP contribution in [0.4, 0.5) is 65.9 Å². The maximum atomic E-state index is 14.8. The Kier molecular flexibility index (Phi) is 8.47. The van der Waals surface area contributed by atoms with E-state index in [2.05, 4.69) is 14.2 Å². The summed E-state index contributed by atoms with van der Waals surface area (Å²) in [5, 5.41) is 0. The summed E-state index contributed by atoms with van der Waals surface area (Å²) in [5.41, 5.74) is -22.5. The van der Waals surface area contributed by atoms with Crippen LogP contribution in [-0.4, -0.2) is 62.0 Å². The zero-order valence-corrected chi connectivity index (χ0v) is 22.6. The molecule has 0 spiro atoms. The van der Waals surface area contributed by atoms with Crippen molar-refractivity contribution in [2.45, 2.75) is 101 Å². The molecule has 4 fully saturated rings. The van der Waals surface area contributed by atoms with Gasteiger partial charge in [0.1, 0.15) is 6.79 Å². The first-order chi connectivity index (χ1) is 19.1. The molecule has 0 aromatic rings. The fraction of sp³-hybridized carbons (Fsp3) is 0.958. The summed E-state index contributed by atoms with van der Waals surface area (Å²) >= 11 is 0. The molecule has 0 radical (unpaired) electrons. The number of alkyl halides is 15. The molecule has 0 amide bonds. The number of hydrogen-bond donors (Lipinski definition) is 0. The van der Waals surface area contributed by atoms with Crippen LogP contribution in [0.1, 0.15) is 58.8 Å². The molecule has 252 valence electrons. The van der Waals surface area contributed by atoms with Crippen molar-refractivity contribution < 1.29 is 84.9 Å². The Balaban J connectivity index is 2.40. The quantitative estimate of drug-likeness (QED) is 0.149. The number of hydrogen-bond acceptors (Lipinski definition) is 4. The molecule has 0 N–H and O–H groups in total. The number of esters is 1. The Hall–Kier alpha value is -1.66. The lowest BCUT2D eigenvalue weighted by molar-refractivity contribution is -0.461. The van der Waals surface area contributed by atoms with Gasteiger partial charge in [-0.25, -0.2) is 0 Å². The van der Waals surface area contributed by atoms with Gasteiger partial charge in [0.2, 0.25) is 0 Å². The molecule has 4 aliphatic rings. The highest BCUT2D eigenvalue weighted by Gasteiger charge is 2.90. The highest BCUT2D eigenvalue weighted by Crippen LogP contribution is 2.78. The van der Waals surface area contributed by atoms with Crippen LogP contribution >= 0.6 is 0 Å². The van der Waals surface area contributed by atoms with Gasteiger partial charge in [-0.15, -0.1) is 0 Å². The number of carbonyl (C=O) groups excluding carboxylic acids is 1. The van der Waals surface area contributed by atoms with Gasteiger partial charge in [-0.2, -0.15) is 65.9 Å². The van der Waals surface area contributed by atoms with Crippen LogP contribution in [-0.2, 0) is 19.0 Å². The summed E-state index contributed by atoms with van der Waals surface area (Å²) in [5.74, 6) is -6.28. The van der Waals surface area contributed by atoms with E-state index in [1.807, 2.05) is 0 Å². The number of ether oxygens (including phenoxy) is 3. The van der Waals surface area contributed by atoms with Crippen LogP contribution < -0.4 is 0 Å². The molecule has 0 aromatic carbocycles. The van der Waals surface area contributed by atoms with Gasteiger partial charge in [-0.1, -0.05) is 6.92 Å². The minimum Gasteiger partial charge on any atom is -0.438 e. The molecule has 43 heavy (non-hydrogen) atoms. The summed E-state index contributed by atoms with van der Waals surface area (Å²) in [6.45, 7) is -1.13. The van der Waals surface area contributed by atoms with Crippen molar-refractivity contribution in [3.8, 4) is 0 Å². The van der Waals surface area contributed by atoms with Gasteiger partial charge in [-0.05, 0) is 63.7 Å². The van der Waals surface area contributed by atoms with E-state index in [1.54, 1.807) is 0 Å². The zero-order chi connectivity index (χ0) is 33.5. The van der Waals surface area contributed by atoms with Crippen LogP contribution in [0.2, 0.25) is 0 Å². The van der Waals surface area contributed by atoms with Gasteiger partial charge in [-0.3, -0.25) is 4.79 Å². The minimum absolute atomic E-state index is 0.0229. The Morgan fingerprint density at radius 3 is 1.35 bits per heavy atom. The van der Waals surface area contributed by atoms with Crippen LogP contribution in [0, 0.1) is 28.1 Å². The van der Waals surface area contributed by atoms with Gasteiger partial charge in [0.05, 0.1) is 0 Å². The summed E-state index contributed by atoms with van der Waals surface area (Å²) in [6.07, 6.45) is -41.3. The Morgan fingerprint density at radius 1 is 0.674 bits per heavy atom. The standard InChI is InChI=1S/C24H27F15O4/c1-4-15(2,20(25,26)27)14(40)43-19(23(34,35)36,24(37,38)39)17-8-12-5-13(9-17)7-16(6-12,10-17)18(21(28,29)30,22(31,32)33)42-11-41-3/h12-13H,4-11H2,1-3H3. The molecule has 19 heteroatoms. The first-order valence-corrected chi connectivity index (χ1v) is 12.8. The fourth-order valence-electron chi connectivity index (χ4n) is 8.01. The molecule has 0 aliphatic heterocycles. The van der Waals surface area contributed by atoms with Gasteiger partial charge >= 0.3 is 42.5 Å². The molecule has 0 saturated heterocycles. The zero-order valence-electron chi connectivity index (χ0n) is 22.6. The average Bonchev–Trinajstić information content (AvgIpc) is 2.76. The van der Waals surface area contributed by atoms with Gasteiger partial charge < -0.3 is 14.2 Å². The average molecular weight is 664 g/mol. The monoisotopic (exact) mass is 664 g/mol. The maximum absolute atomic E-state index is 14.8. The van der Waals surface area contributed by atoms with Gasteiger partial charge in [0.25, 0.3) is 5.60 Å². The molecule has 0 aromatic heterocycles. The van der Waals surface area contributed by atoms with Crippen molar-refractivity contribution >= 4 is 5.97 Å². The summed E-state index contributed by atoms with van der Waals surface area (Å²) in [4.78, 5) is 12.7. The van der Waals surface area contributed by atoms with Gasteiger partial charge in [0, 0.05) is 17.9 Å². The van der Waals surface area contributed by atoms with Crippen LogP contribution in [0.15, 0.2) is 0 Å². The highest BCUT2D eigenvalue weighted by molar-refractivity contribution is 5.78. The van der Waals surface area contributed by atoms with E-state index in [0.717, 1.165) is 0 Å². The number of halogens is 15. The lowest BCUT2D eigenvalue weighted by Crippen LogP contribution is -2.79. The molecule has 4 rings (SSSR count).